The van der Waals surface area contributed by atoms with Gasteiger partial charge in [-0.1, -0.05) is 18.2 Å². The number of anilines is 1. The smallest absolute Gasteiger partial charge is 0.143 e. The van der Waals surface area contributed by atoms with Crippen molar-refractivity contribution in [1.82, 2.24) is 15.0 Å². The lowest BCUT2D eigenvalue weighted by atomic mass is 9.69. The number of aromatic nitrogens is 3. The third-order valence-corrected chi connectivity index (χ3v) is 6.94. The molecular weight excluding hydrogens is 364 g/mol. The predicted octanol–water partition coefficient (Wildman–Crippen LogP) is 4.42. The molecule has 3 aromatic rings. The van der Waals surface area contributed by atoms with Crippen LogP contribution in [-0.4, -0.2) is 34.8 Å². The normalized spacial score (nSPS) is 28.4. The van der Waals surface area contributed by atoms with Crippen molar-refractivity contribution in [2.45, 2.75) is 43.7 Å². The van der Waals surface area contributed by atoms with Gasteiger partial charge in [0.1, 0.15) is 23.5 Å². The minimum absolute atomic E-state index is 0.167. The fraction of sp³-hybridized carbons (Fsp3) is 0.478. The van der Waals surface area contributed by atoms with Gasteiger partial charge in [0.2, 0.25) is 0 Å². The van der Waals surface area contributed by atoms with Gasteiger partial charge in [-0.3, -0.25) is 0 Å². The Labute approximate surface area is 170 Å². The third kappa shape index (κ3) is 2.97. The van der Waals surface area contributed by atoms with E-state index in [-0.39, 0.29) is 6.04 Å². The van der Waals surface area contributed by atoms with Crippen LogP contribution in [-0.2, 0) is 4.74 Å². The topological polar surface area (TPSA) is 72.1 Å². The number of hydrogen-bond acceptors (Lipinski definition) is 5. The van der Waals surface area contributed by atoms with Crippen molar-refractivity contribution in [3.05, 3.63) is 47.9 Å². The second-order valence-corrected chi connectivity index (χ2v) is 8.71. The number of fused-ring (bicyclic) bond motifs is 2. The molecule has 2 aliphatic carbocycles. The molecule has 3 heterocycles. The molecule has 1 aliphatic heterocycles. The summed E-state index contributed by atoms with van der Waals surface area (Å²) in [6, 6.07) is 10.8. The summed E-state index contributed by atoms with van der Waals surface area (Å²) in [4.78, 5) is 12.6. The summed E-state index contributed by atoms with van der Waals surface area (Å²) in [7, 11) is 1.81. The van der Waals surface area contributed by atoms with Gasteiger partial charge >= 0.3 is 0 Å². The zero-order chi connectivity index (χ0) is 19.4. The summed E-state index contributed by atoms with van der Waals surface area (Å²) in [5, 5.41) is 4.88. The van der Waals surface area contributed by atoms with E-state index in [2.05, 4.69) is 44.5 Å². The largest absolute Gasteiger partial charge is 0.493 e. The lowest BCUT2D eigenvalue weighted by Crippen LogP contribution is -2.43. The van der Waals surface area contributed by atoms with Crippen molar-refractivity contribution in [1.29, 1.82) is 0 Å². The number of ether oxygens (including phenoxy) is 2. The van der Waals surface area contributed by atoms with Gasteiger partial charge in [-0.25, -0.2) is 9.97 Å². The van der Waals surface area contributed by atoms with E-state index in [1.165, 1.54) is 24.1 Å². The van der Waals surface area contributed by atoms with E-state index < -0.39 is 0 Å². The molecule has 3 aliphatic rings. The van der Waals surface area contributed by atoms with Crippen LogP contribution >= 0.6 is 0 Å². The molecule has 2 atom stereocenters. The van der Waals surface area contributed by atoms with Crippen molar-refractivity contribution in [2.24, 2.45) is 11.8 Å². The first kappa shape index (κ1) is 17.3. The Balaban J connectivity index is 1.36. The first-order chi connectivity index (χ1) is 14.3. The lowest BCUT2D eigenvalue weighted by molar-refractivity contribution is -0.0354. The van der Waals surface area contributed by atoms with Crippen molar-refractivity contribution in [2.75, 3.05) is 19.0 Å². The van der Waals surface area contributed by atoms with Crippen molar-refractivity contribution < 1.29 is 9.47 Å². The summed E-state index contributed by atoms with van der Waals surface area (Å²) in [6.45, 7) is 0.727. The van der Waals surface area contributed by atoms with Crippen LogP contribution in [0.25, 0.3) is 11.0 Å². The monoisotopic (exact) mass is 390 g/mol. The van der Waals surface area contributed by atoms with Gasteiger partial charge in [0.05, 0.1) is 24.1 Å². The lowest BCUT2D eigenvalue weighted by Gasteiger charge is -2.45. The van der Waals surface area contributed by atoms with Crippen molar-refractivity contribution in [3.8, 4) is 5.75 Å². The number of para-hydroxylation sites is 1. The van der Waals surface area contributed by atoms with Gasteiger partial charge in [-0.2, -0.15) is 0 Å². The van der Waals surface area contributed by atoms with Crippen LogP contribution in [0.1, 0.15) is 48.9 Å². The molecule has 0 unspecified atom stereocenters. The van der Waals surface area contributed by atoms with Crippen LogP contribution in [0.2, 0.25) is 0 Å². The van der Waals surface area contributed by atoms with Crippen molar-refractivity contribution >= 4 is 16.9 Å². The fourth-order valence-electron chi connectivity index (χ4n) is 4.96. The molecule has 0 amide bonds. The Bertz CT molecular complexity index is 1040. The Morgan fingerprint density at radius 1 is 1.17 bits per heavy atom. The van der Waals surface area contributed by atoms with E-state index >= 15 is 0 Å². The van der Waals surface area contributed by atoms with Crippen molar-refractivity contribution in [3.63, 3.8) is 0 Å². The molecule has 150 valence electrons. The summed E-state index contributed by atoms with van der Waals surface area (Å²) < 4.78 is 11.7. The molecule has 1 aromatic carbocycles. The number of nitrogens with zero attached hydrogens (tertiary/aromatic N) is 2. The van der Waals surface area contributed by atoms with E-state index in [1.807, 2.05) is 13.2 Å². The summed E-state index contributed by atoms with van der Waals surface area (Å²) >= 11 is 0. The summed E-state index contributed by atoms with van der Waals surface area (Å²) in [6.07, 6.45) is 6.76. The Morgan fingerprint density at radius 3 is 2.86 bits per heavy atom. The molecule has 0 spiro atoms. The Kier molecular flexibility index (Phi) is 4.01. The zero-order valence-corrected chi connectivity index (χ0v) is 16.6. The highest BCUT2D eigenvalue weighted by Gasteiger charge is 2.43. The average molecular weight is 390 g/mol. The second kappa shape index (κ2) is 6.73. The molecule has 0 saturated heterocycles. The average Bonchev–Trinajstić information content (AvgIpc) is 3.47. The Morgan fingerprint density at radius 2 is 2.03 bits per heavy atom. The van der Waals surface area contributed by atoms with Gasteiger partial charge in [0, 0.05) is 24.3 Å². The van der Waals surface area contributed by atoms with Gasteiger partial charge in [-0.05, 0) is 49.7 Å². The maximum Gasteiger partial charge on any atom is 0.143 e. The number of benzene rings is 1. The van der Waals surface area contributed by atoms with Crippen LogP contribution in [0.5, 0.6) is 5.75 Å². The molecule has 2 fully saturated rings. The molecular formula is C23H26N4O2. The molecule has 0 bridgehead atoms. The van der Waals surface area contributed by atoms with Crippen LogP contribution in [0.3, 0.4) is 0 Å². The highest BCUT2D eigenvalue weighted by Crippen LogP contribution is 2.47. The van der Waals surface area contributed by atoms with Gasteiger partial charge in [0.25, 0.3) is 0 Å². The van der Waals surface area contributed by atoms with Crippen LogP contribution < -0.4 is 10.1 Å². The first-order valence-corrected chi connectivity index (χ1v) is 10.6. The molecule has 2 aromatic heterocycles. The Hall–Kier alpha value is -2.60. The first-order valence-electron chi connectivity index (χ1n) is 10.6. The van der Waals surface area contributed by atoms with E-state index in [1.54, 1.807) is 6.33 Å². The van der Waals surface area contributed by atoms with Crippen LogP contribution in [0.4, 0.5) is 5.82 Å². The number of rotatable bonds is 5. The molecule has 2 N–H and O–H groups in total. The second-order valence-electron chi connectivity index (χ2n) is 8.71. The standard InChI is InChI=1S/C23H26N4O2/c1-28-15-8-14(9-15)18-11-29-20-5-3-2-4-16(20)21(18)27-23-17-10-19(13-6-7-13)26-22(17)24-12-25-23/h2-5,10,12-15,18,21H,6-9,11H2,1H3,(H2,24,25,26,27)/t14?,15?,18-,21+/m1/s1. The highest BCUT2D eigenvalue weighted by molar-refractivity contribution is 5.88. The van der Waals surface area contributed by atoms with E-state index in [9.17, 15) is 0 Å². The minimum atomic E-state index is 0.167. The zero-order valence-electron chi connectivity index (χ0n) is 16.6. The molecule has 6 nitrogen and oxygen atoms in total. The van der Waals surface area contributed by atoms with E-state index in [0.717, 1.165) is 42.0 Å². The van der Waals surface area contributed by atoms with E-state index in [0.29, 0.717) is 23.9 Å². The maximum atomic E-state index is 6.14. The molecule has 29 heavy (non-hydrogen) atoms. The third-order valence-electron chi connectivity index (χ3n) is 6.94. The SMILES string of the molecule is COC1CC([C@H]2COc3ccccc3[C@@H]2Nc2ncnc3[nH]c(C4CC4)cc23)C1. The number of hydrogen-bond donors (Lipinski definition) is 2. The highest BCUT2D eigenvalue weighted by atomic mass is 16.5. The fourth-order valence-corrected chi connectivity index (χ4v) is 4.96. The quantitative estimate of drug-likeness (QED) is 0.675. The summed E-state index contributed by atoms with van der Waals surface area (Å²) in [5.74, 6) is 3.53. The van der Waals surface area contributed by atoms with E-state index in [4.69, 9.17) is 9.47 Å². The predicted molar refractivity (Wildman–Crippen MR) is 111 cm³/mol. The van der Waals surface area contributed by atoms with Gasteiger partial charge in [0.15, 0.2) is 0 Å². The van der Waals surface area contributed by atoms with Gasteiger partial charge < -0.3 is 19.8 Å². The van der Waals surface area contributed by atoms with Gasteiger partial charge in [-0.15, -0.1) is 0 Å². The number of H-pyrrole nitrogens is 1. The maximum absolute atomic E-state index is 6.14. The molecule has 2 saturated carbocycles. The molecule has 6 rings (SSSR count). The van der Waals surface area contributed by atoms with Crippen LogP contribution in [0, 0.1) is 11.8 Å². The molecule has 6 heteroatoms. The number of aromatic amines is 1. The summed E-state index contributed by atoms with van der Waals surface area (Å²) in [5.41, 5.74) is 3.42. The van der Waals surface area contributed by atoms with Crippen LogP contribution in [0.15, 0.2) is 36.7 Å². The number of methoxy groups -OCH3 is 1. The minimum Gasteiger partial charge on any atom is -0.493 e. The molecule has 0 radical (unpaired) electrons. The number of nitrogens with one attached hydrogen (secondary N) is 2.